The van der Waals surface area contributed by atoms with Crippen LogP contribution in [0.4, 0.5) is 0 Å². The fourth-order valence-electron chi connectivity index (χ4n) is 5.30. The van der Waals surface area contributed by atoms with Gasteiger partial charge in [0.1, 0.15) is 11.0 Å². The first-order chi connectivity index (χ1) is 16.8. The zero-order valence-corrected chi connectivity index (χ0v) is 19.3. The molecule has 34 heavy (non-hydrogen) atoms. The number of carbonyl (C=O) groups is 1. The number of hydrogen-bond acceptors (Lipinski definition) is 2. The van der Waals surface area contributed by atoms with E-state index >= 15 is 0 Å². The van der Waals surface area contributed by atoms with Gasteiger partial charge in [-0.1, -0.05) is 121 Å². The molecule has 0 aromatic heterocycles. The van der Waals surface area contributed by atoms with Crippen molar-refractivity contribution in [2.75, 3.05) is 13.1 Å². The van der Waals surface area contributed by atoms with Gasteiger partial charge >= 0.3 is 5.97 Å². The number of esters is 1. The van der Waals surface area contributed by atoms with Gasteiger partial charge in [-0.25, -0.2) is 0 Å². The monoisotopic (exact) mass is 448 g/mol. The third kappa shape index (κ3) is 3.93. The Bertz CT molecular complexity index is 1100. The molecule has 0 aliphatic carbocycles. The topological polar surface area (TPSA) is 42.9 Å². The van der Waals surface area contributed by atoms with Crippen LogP contribution in [-0.2, 0) is 20.5 Å². The minimum atomic E-state index is -1.08. The van der Waals surface area contributed by atoms with Gasteiger partial charge in [0.05, 0.1) is 13.1 Å². The van der Waals surface area contributed by atoms with Gasteiger partial charge in [0.15, 0.2) is 0 Å². The fraction of sp³-hybridized carbons (Fsp3) is 0.194. The van der Waals surface area contributed by atoms with Crippen LogP contribution < -0.4 is 5.32 Å². The molecule has 0 atom stereocenters. The lowest BCUT2D eigenvalue weighted by Crippen LogP contribution is -2.87. The summed E-state index contributed by atoms with van der Waals surface area (Å²) in [7, 11) is 0. The molecule has 1 heterocycles. The maximum Gasteiger partial charge on any atom is 0.326 e. The number of ether oxygens (including phenoxy) is 1. The molecule has 170 valence electrons. The molecule has 0 amide bonds. The third-order valence-electron chi connectivity index (χ3n) is 7.02. The second kappa shape index (κ2) is 9.66. The average Bonchev–Trinajstić information content (AvgIpc) is 2.92. The van der Waals surface area contributed by atoms with Crippen molar-refractivity contribution in [1.82, 2.24) is 0 Å². The molecule has 4 aromatic rings. The molecule has 0 unspecified atom stereocenters. The van der Waals surface area contributed by atoms with Gasteiger partial charge in [0, 0.05) is 12.8 Å². The van der Waals surface area contributed by atoms with Crippen LogP contribution >= 0.6 is 0 Å². The van der Waals surface area contributed by atoms with Crippen molar-refractivity contribution < 1.29 is 14.8 Å². The lowest BCUT2D eigenvalue weighted by molar-refractivity contribution is -0.668. The Morgan fingerprint density at radius 2 is 1.00 bits per heavy atom. The lowest BCUT2D eigenvalue weighted by Gasteiger charge is -2.41. The Hall–Kier alpha value is -3.69. The van der Waals surface area contributed by atoms with Crippen molar-refractivity contribution in [2.24, 2.45) is 0 Å². The van der Waals surface area contributed by atoms with Crippen LogP contribution in [0.1, 0.15) is 35.1 Å². The van der Waals surface area contributed by atoms with Crippen LogP contribution in [0.2, 0.25) is 0 Å². The Morgan fingerprint density at radius 1 is 0.618 bits per heavy atom. The molecule has 0 saturated carbocycles. The fourth-order valence-corrected chi connectivity index (χ4v) is 5.30. The molecule has 3 heteroatoms. The van der Waals surface area contributed by atoms with Crippen molar-refractivity contribution in [1.29, 1.82) is 0 Å². The summed E-state index contributed by atoms with van der Waals surface area (Å²) in [6.45, 7) is 1.86. The third-order valence-corrected chi connectivity index (χ3v) is 7.02. The summed E-state index contributed by atoms with van der Waals surface area (Å²) < 4.78 is 6.73. The molecule has 3 nitrogen and oxygen atoms in total. The average molecular weight is 449 g/mol. The van der Waals surface area contributed by atoms with Crippen LogP contribution in [-0.4, -0.2) is 19.1 Å². The minimum Gasteiger partial charge on any atom is -0.453 e. The highest BCUT2D eigenvalue weighted by Crippen LogP contribution is 2.44. The van der Waals surface area contributed by atoms with Crippen molar-refractivity contribution in [3.63, 3.8) is 0 Å². The van der Waals surface area contributed by atoms with E-state index in [2.05, 4.69) is 17.4 Å². The Morgan fingerprint density at radius 3 is 1.41 bits per heavy atom. The Balaban J connectivity index is 1.71. The molecule has 1 saturated heterocycles. The van der Waals surface area contributed by atoms with Crippen molar-refractivity contribution in [3.05, 3.63) is 144 Å². The molecular formula is C31H30NO2+. The van der Waals surface area contributed by atoms with E-state index in [-0.39, 0.29) is 5.97 Å². The predicted molar refractivity (Wildman–Crippen MR) is 134 cm³/mol. The molecule has 0 spiro atoms. The van der Waals surface area contributed by atoms with E-state index in [0.717, 1.165) is 48.2 Å². The van der Waals surface area contributed by atoms with Crippen LogP contribution in [0, 0.1) is 0 Å². The number of piperidine rings is 1. The van der Waals surface area contributed by atoms with Gasteiger partial charge < -0.3 is 10.1 Å². The summed E-state index contributed by atoms with van der Waals surface area (Å²) in [5.74, 6) is -0.234. The van der Waals surface area contributed by atoms with Gasteiger partial charge in [0.2, 0.25) is 0 Å². The highest BCUT2D eigenvalue weighted by atomic mass is 16.6. The maximum absolute atomic E-state index is 14.7. The smallest absolute Gasteiger partial charge is 0.326 e. The summed E-state index contributed by atoms with van der Waals surface area (Å²) in [4.78, 5) is 14.7. The van der Waals surface area contributed by atoms with Crippen molar-refractivity contribution in [2.45, 2.75) is 23.9 Å². The number of rotatable bonds is 6. The summed E-state index contributed by atoms with van der Waals surface area (Å²) in [5, 5.41) is 2.30. The van der Waals surface area contributed by atoms with Crippen LogP contribution in [0.3, 0.4) is 0 Å². The zero-order chi connectivity index (χ0) is 23.3. The number of benzene rings is 4. The summed E-state index contributed by atoms with van der Waals surface area (Å²) in [6.07, 6.45) is 1.58. The van der Waals surface area contributed by atoms with E-state index in [4.69, 9.17) is 4.74 Å². The van der Waals surface area contributed by atoms with Gasteiger partial charge in [-0.3, -0.25) is 4.79 Å². The molecule has 0 bridgehead atoms. The second-order valence-corrected chi connectivity index (χ2v) is 8.96. The van der Waals surface area contributed by atoms with E-state index in [1.807, 2.05) is 109 Å². The normalized spacial score (nSPS) is 15.4. The predicted octanol–water partition coefficient (Wildman–Crippen LogP) is 4.82. The molecule has 0 radical (unpaired) electrons. The minimum absolute atomic E-state index is 0.234. The molecule has 4 aromatic carbocycles. The van der Waals surface area contributed by atoms with Crippen molar-refractivity contribution >= 4 is 5.97 Å². The van der Waals surface area contributed by atoms with Crippen LogP contribution in [0.15, 0.2) is 121 Å². The van der Waals surface area contributed by atoms with E-state index < -0.39 is 11.0 Å². The molecule has 5 rings (SSSR count). The zero-order valence-electron chi connectivity index (χ0n) is 19.3. The molecule has 1 aliphatic heterocycles. The first kappa shape index (κ1) is 22.1. The van der Waals surface area contributed by atoms with E-state index in [1.54, 1.807) is 0 Å². The summed E-state index contributed by atoms with van der Waals surface area (Å²) in [6, 6.07) is 40.4. The van der Waals surface area contributed by atoms with E-state index in [9.17, 15) is 4.79 Å². The summed E-state index contributed by atoms with van der Waals surface area (Å²) >= 11 is 0. The standard InChI is InChI=1S/C31H29NO2/c33-29(34-30(21-23-32-24-22-30)25-13-5-1-6-14-25)31(26-15-7-2-8-16-26,27-17-9-3-10-18-27)28-19-11-4-12-20-28/h1-20,32H,21-24H2/p+1. The lowest BCUT2D eigenvalue weighted by atomic mass is 9.69. The highest BCUT2D eigenvalue weighted by molar-refractivity contribution is 5.92. The largest absolute Gasteiger partial charge is 0.453 e. The van der Waals surface area contributed by atoms with E-state index in [0.29, 0.717) is 0 Å². The summed E-state index contributed by atoms with van der Waals surface area (Å²) in [5.41, 5.74) is 2.07. The number of nitrogens with two attached hydrogens (primary N) is 1. The van der Waals surface area contributed by atoms with Crippen molar-refractivity contribution in [3.8, 4) is 0 Å². The van der Waals surface area contributed by atoms with Crippen LogP contribution in [0.5, 0.6) is 0 Å². The van der Waals surface area contributed by atoms with Gasteiger partial charge in [0.25, 0.3) is 0 Å². The second-order valence-electron chi connectivity index (χ2n) is 8.96. The van der Waals surface area contributed by atoms with Gasteiger partial charge in [-0.2, -0.15) is 0 Å². The quantitative estimate of drug-likeness (QED) is 0.340. The van der Waals surface area contributed by atoms with E-state index in [1.165, 1.54) is 0 Å². The first-order valence-corrected chi connectivity index (χ1v) is 12.0. The molecule has 2 N–H and O–H groups in total. The Kier molecular flexibility index (Phi) is 6.29. The molecule has 1 aliphatic rings. The Labute approximate surface area is 201 Å². The van der Waals surface area contributed by atoms with Crippen LogP contribution in [0.25, 0.3) is 0 Å². The highest BCUT2D eigenvalue weighted by Gasteiger charge is 2.50. The number of carbonyl (C=O) groups excluding carboxylic acids is 1. The van der Waals surface area contributed by atoms with Gasteiger partial charge in [-0.05, 0) is 22.3 Å². The first-order valence-electron chi connectivity index (χ1n) is 12.0. The molecule has 1 fully saturated rings. The maximum atomic E-state index is 14.7. The number of hydrogen-bond donors (Lipinski definition) is 1. The number of quaternary nitrogens is 1. The molecular weight excluding hydrogens is 418 g/mol. The SMILES string of the molecule is O=C(OC1(c2ccccc2)CC[NH2+]CC1)C(c1ccccc1)(c1ccccc1)c1ccccc1. The van der Waals surface area contributed by atoms with Gasteiger partial charge in [-0.15, -0.1) is 0 Å².